The molecule has 6 nitrogen and oxygen atoms in total. The summed E-state index contributed by atoms with van der Waals surface area (Å²) in [6.07, 6.45) is -1.56. The van der Waals surface area contributed by atoms with Gasteiger partial charge in [-0.15, -0.1) is 0 Å². The Hall–Kier alpha value is -0.240. The van der Waals surface area contributed by atoms with E-state index in [-0.39, 0.29) is 12.7 Å². The summed E-state index contributed by atoms with van der Waals surface area (Å²) < 4.78 is 29.0. The minimum atomic E-state index is -1.08. The lowest BCUT2D eigenvalue weighted by molar-refractivity contribution is -0.386. The second-order valence-corrected chi connectivity index (χ2v) is 6.15. The molecule has 0 radical (unpaired) electrons. The molecule has 0 bridgehead atoms. The van der Waals surface area contributed by atoms with Crippen LogP contribution in [-0.2, 0) is 23.7 Å². The number of hydrogen-bond donors (Lipinski definition) is 1. The molecule has 2 heterocycles. The molecule has 19 heavy (non-hydrogen) atoms. The lowest BCUT2D eigenvalue weighted by Gasteiger charge is -2.42. The number of aliphatic hydroxyl groups excluding tert-OH is 1. The second-order valence-electron chi connectivity index (χ2n) is 6.15. The van der Waals surface area contributed by atoms with E-state index in [1.807, 2.05) is 6.92 Å². The van der Waals surface area contributed by atoms with Crippen LogP contribution in [-0.4, -0.2) is 47.6 Å². The van der Waals surface area contributed by atoms with Gasteiger partial charge >= 0.3 is 0 Å². The summed E-state index contributed by atoms with van der Waals surface area (Å²) in [5, 5.41) is 9.47. The summed E-state index contributed by atoms with van der Waals surface area (Å²) in [4.78, 5) is 0. The minimum Gasteiger partial charge on any atom is -0.394 e. The summed E-state index contributed by atoms with van der Waals surface area (Å²) in [6.45, 7) is 10.6. The van der Waals surface area contributed by atoms with Gasteiger partial charge in [0, 0.05) is 0 Å². The van der Waals surface area contributed by atoms with E-state index in [4.69, 9.17) is 23.7 Å². The topological polar surface area (TPSA) is 66.4 Å². The fourth-order valence-electron chi connectivity index (χ4n) is 2.53. The number of hydrogen-bond acceptors (Lipinski definition) is 6. The van der Waals surface area contributed by atoms with Crippen LogP contribution in [0.4, 0.5) is 0 Å². The number of aliphatic hydroxyl groups is 1. The third-order valence-corrected chi connectivity index (χ3v) is 3.22. The molecule has 1 N–H and O–H groups in total. The van der Waals surface area contributed by atoms with Gasteiger partial charge in [0.05, 0.1) is 12.7 Å². The highest BCUT2D eigenvalue weighted by Crippen LogP contribution is 2.42. The predicted molar refractivity (Wildman–Crippen MR) is 66.1 cm³/mol. The van der Waals surface area contributed by atoms with Crippen molar-refractivity contribution in [2.24, 2.45) is 0 Å². The third kappa shape index (κ3) is 3.09. The van der Waals surface area contributed by atoms with Gasteiger partial charge in [-0.1, -0.05) is 0 Å². The molecular formula is C13H24O6. The van der Waals surface area contributed by atoms with Gasteiger partial charge in [-0.05, 0) is 41.5 Å². The first-order valence-corrected chi connectivity index (χ1v) is 6.59. The first-order chi connectivity index (χ1) is 8.57. The van der Waals surface area contributed by atoms with E-state index in [2.05, 4.69) is 0 Å². The van der Waals surface area contributed by atoms with Crippen molar-refractivity contribution >= 4 is 0 Å². The first kappa shape index (κ1) is 15.2. The summed E-state index contributed by atoms with van der Waals surface area (Å²) in [6, 6.07) is 0. The van der Waals surface area contributed by atoms with E-state index >= 15 is 0 Å². The van der Waals surface area contributed by atoms with Gasteiger partial charge in [-0.25, -0.2) is 0 Å². The quantitative estimate of drug-likeness (QED) is 0.780. The van der Waals surface area contributed by atoms with E-state index in [0.717, 1.165) is 0 Å². The molecule has 0 aromatic rings. The minimum absolute atomic E-state index is 0.163. The van der Waals surface area contributed by atoms with Crippen molar-refractivity contribution in [3.8, 4) is 0 Å². The molecule has 2 fully saturated rings. The Morgan fingerprint density at radius 3 is 2.05 bits per heavy atom. The Labute approximate surface area is 113 Å². The van der Waals surface area contributed by atoms with E-state index in [9.17, 15) is 5.11 Å². The van der Waals surface area contributed by atoms with Gasteiger partial charge in [-0.3, -0.25) is 0 Å². The predicted octanol–water partition coefficient (Wildman–Crippen LogP) is 1.36. The zero-order valence-corrected chi connectivity index (χ0v) is 12.4. The normalized spacial score (nSPS) is 45.3. The second kappa shape index (κ2) is 4.65. The van der Waals surface area contributed by atoms with Crippen LogP contribution in [0.15, 0.2) is 0 Å². The fourth-order valence-corrected chi connectivity index (χ4v) is 2.53. The average molecular weight is 276 g/mol. The molecule has 0 spiro atoms. The van der Waals surface area contributed by atoms with Crippen LogP contribution in [0, 0.1) is 0 Å². The monoisotopic (exact) mass is 276 g/mol. The summed E-state index contributed by atoms with van der Waals surface area (Å²) in [5.74, 6) is -2.75. The van der Waals surface area contributed by atoms with Crippen LogP contribution in [0.2, 0.25) is 0 Å². The zero-order chi connectivity index (χ0) is 14.5. The molecule has 0 aromatic carbocycles. The molecule has 0 amide bonds. The standard InChI is InChI=1S/C13H24O6/c1-8-9(7-14)16-13(6)10(17-11(2,3)15-8)18-12(4,5)19-13/h8-10,14H,7H2,1-6H3. The van der Waals surface area contributed by atoms with Crippen molar-refractivity contribution in [3.63, 3.8) is 0 Å². The van der Waals surface area contributed by atoms with Crippen LogP contribution < -0.4 is 0 Å². The molecule has 4 unspecified atom stereocenters. The van der Waals surface area contributed by atoms with Crippen LogP contribution in [0.3, 0.4) is 0 Å². The molecule has 0 aliphatic carbocycles. The lowest BCUT2D eigenvalue weighted by atomic mass is 10.2. The van der Waals surface area contributed by atoms with Crippen molar-refractivity contribution in [2.45, 2.75) is 77.4 Å². The summed E-state index contributed by atoms with van der Waals surface area (Å²) in [5.41, 5.74) is 0. The molecule has 4 atom stereocenters. The first-order valence-electron chi connectivity index (χ1n) is 6.59. The van der Waals surface area contributed by atoms with Crippen molar-refractivity contribution in [3.05, 3.63) is 0 Å². The lowest BCUT2D eigenvalue weighted by Crippen LogP contribution is -2.55. The van der Waals surface area contributed by atoms with Crippen LogP contribution in [0.1, 0.15) is 41.5 Å². The molecule has 6 heteroatoms. The molecule has 2 aliphatic heterocycles. The Morgan fingerprint density at radius 2 is 1.47 bits per heavy atom. The highest BCUT2D eigenvalue weighted by molar-refractivity contribution is 4.86. The van der Waals surface area contributed by atoms with Crippen LogP contribution >= 0.6 is 0 Å². The molecule has 112 valence electrons. The molecule has 2 aliphatic rings. The molecule has 2 rings (SSSR count). The van der Waals surface area contributed by atoms with Crippen molar-refractivity contribution < 1.29 is 28.8 Å². The average Bonchev–Trinajstić information content (AvgIpc) is 2.42. The highest BCUT2D eigenvalue weighted by Gasteiger charge is 2.56. The largest absolute Gasteiger partial charge is 0.394 e. The number of rotatable bonds is 1. The van der Waals surface area contributed by atoms with Gasteiger partial charge in [0.25, 0.3) is 0 Å². The van der Waals surface area contributed by atoms with Gasteiger partial charge in [0.15, 0.2) is 11.6 Å². The summed E-state index contributed by atoms with van der Waals surface area (Å²) in [7, 11) is 0. The fraction of sp³-hybridized carbons (Fsp3) is 1.00. The number of ether oxygens (including phenoxy) is 5. The van der Waals surface area contributed by atoms with Gasteiger partial charge < -0.3 is 28.8 Å². The molecule has 0 saturated carbocycles. The van der Waals surface area contributed by atoms with Crippen molar-refractivity contribution in [2.75, 3.05) is 6.61 Å². The number of fused-ring (bicyclic) bond motifs is 1. The van der Waals surface area contributed by atoms with E-state index in [0.29, 0.717) is 0 Å². The van der Waals surface area contributed by atoms with Crippen LogP contribution in [0.25, 0.3) is 0 Å². The summed E-state index contributed by atoms with van der Waals surface area (Å²) >= 11 is 0. The van der Waals surface area contributed by atoms with Crippen molar-refractivity contribution in [1.29, 1.82) is 0 Å². The Morgan fingerprint density at radius 1 is 0.895 bits per heavy atom. The third-order valence-electron chi connectivity index (χ3n) is 3.22. The van der Waals surface area contributed by atoms with Gasteiger partial charge in [-0.2, -0.15) is 0 Å². The van der Waals surface area contributed by atoms with E-state index in [1.165, 1.54) is 0 Å². The van der Waals surface area contributed by atoms with Gasteiger partial charge in [0.1, 0.15) is 6.10 Å². The van der Waals surface area contributed by atoms with Crippen molar-refractivity contribution in [1.82, 2.24) is 0 Å². The maximum atomic E-state index is 9.47. The maximum absolute atomic E-state index is 9.47. The Kier molecular flexibility index (Phi) is 3.71. The highest BCUT2D eigenvalue weighted by atomic mass is 16.9. The smallest absolute Gasteiger partial charge is 0.220 e. The van der Waals surface area contributed by atoms with Gasteiger partial charge in [0.2, 0.25) is 12.1 Å². The van der Waals surface area contributed by atoms with Crippen LogP contribution in [0.5, 0.6) is 0 Å². The van der Waals surface area contributed by atoms with E-state index < -0.39 is 29.8 Å². The molecule has 2 saturated heterocycles. The van der Waals surface area contributed by atoms with E-state index in [1.54, 1.807) is 34.6 Å². The molecule has 0 aromatic heterocycles. The Balaban J connectivity index is 2.30. The zero-order valence-electron chi connectivity index (χ0n) is 12.4. The SMILES string of the molecule is CC1OC(C)(C)OC2OC(C)(C)OC2(C)OC1CO. The Bertz CT molecular complexity index is 342. The maximum Gasteiger partial charge on any atom is 0.220 e. The molecular weight excluding hydrogens is 252 g/mol.